The van der Waals surface area contributed by atoms with E-state index in [-0.39, 0.29) is 29.7 Å². The lowest BCUT2D eigenvalue weighted by Gasteiger charge is -2.13. The third kappa shape index (κ3) is 3.78. The zero-order valence-corrected chi connectivity index (χ0v) is 13.4. The maximum atomic E-state index is 13.1. The summed E-state index contributed by atoms with van der Waals surface area (Å²) in [4.78, 5) is 3.97. The highest BCUT2D eigenvalue weighted by atomic mass is 19.1. The van der Waals surface area contributed by atoms with Gasteiger partial charge in [-0.2, -0.15) is 0 Å². The van der Waals surface area contributed by atoms with E-state index in [0.29, 0.717) is 5.75 Å². The molecule has 0 aliphatic heterocycles. The average molecular weight is 339 g/mol. The van der Waals surface area contributed by atoms with E-state index < -0.39 is 0 Å². The Morgan fingerprint density at radius 1 is 1.00 bits per heavy atom. The molecule has 0 spiro atoms. The number of anilines is 3. The number of pyridine rings is 1. The summed E-state index contributed by atoms with van der Waals surface area (Å²) in [5.41, 5.74) is 17.1. The number of nitrogens with zero attached hydrogens (tertiary/aromatic N) is 1. The molecule has 0 amide bonds. The summed E-state index contributed by atoms with van der Waals surface area (Å²) in [6, 6.07) is 15.6. The minimum atomic E-state index is -0.265. The zero-order chi connectivity index (χ0) is 17.8. The van der Waals surface area contributed by atoms with Gasteiger partial charge < -0.3 is 21.6 Å². The van der Waals surface area contributed by atoms with E-state index in [1.807, 2.05) is 24.3 Å². The van der Waals surface area contributed by atoms with Crippen LogP contribution in [0.2, 0.25) is 0 Å². The van der Waals surface area contributed by atoms with E-state index in [0.717, 1.165) is 16.7 Å². The smallest absolute Gasteiger partial charge is 0.169 e. The van der Waals surface area contributed by atoms with Crippen LogP contribution in [0.1, 0.15) is 5.56 Å². The van der Waals surface area contributed by atoms with Crippen molar-refractivity contribution in [3.05, 3.63) is 66.0 Å². The molecular weight excluding hydrogens is 321 g/mol. The molecule has 7 heteroatoms. The van der Waals surface area contributed by atoms with Crippen LogP contribution in [0.3, 0.4) is 0 Å². The number of benzene rings is 2. The monoisotopic (exact) mass is 339 g/mol. The van der Waals surface area contributed by atoms with Crippen molar-refractivity contribution < 1.29 is 9.13 Å². The maximum absolute atomic E-state index is 13.1. The fourth-order valence-electron chi connectivity index (χ4n) is 2.42. The Bertz CT molecular complexity index is 883. The lowest BCUT2D eigenvalue weighted by atomic mass is 10.0. The summed E-state index contributed by atoms with van der Waals surface area (Å²) < 4.78 is 18.8. The Labute approximate surface area is 144 Å². The van der Waals surface area contributed by atoms with E-state index in [9.17, 15) is 4.39 Å². The second kappa shape index (κ2) is 7.06. The van der Waals surface area contributed by atoms with Crippen LogP contribution >= 0.6 is 0 Å². The van der Waals surface area contributed by atoms with E-state index in [1.54, 1.807) is 18.2 Å². The molecule has 0 saturated carbocycles. The van der Waals surface area contributed by atoms with Crippen LogP contribution in [-0.2, 0) is 6.61 Å². The van der Waals surface area contributed by atoms with Crippen LogP contribution in [0, 0.1) is 5.82 Å². The summed E-state index contributed by atoms with van der Waals surface area (Å²) in [5, 5.41) is 0. The Hall–Kier alpha value is -3.32. The number of rotatable bonds is 5. The van der Waals surface area contributed by atoms with Gasteiger partial charge >= 0.3 is 0 Å². The molecule has 0 bridgehead atoms. The van der Waals surface area contributed by atoms with Crippen LogP contribution in [0.4, 0.5) is 21.7 Å². The van der Waals surface area contributed by atoms with Crippen molar-refractivity contribution in [2.45, 2.75) is 6.61 Å². The predicted molar refractivity (Wildman–Crippen MR) is 97.0 cm³/mol. The molecule has 0 radical (unpaired) electrons. The second-order valence-corrected chi connectivity index (χ2v) is 5.45. The van der Waals surface area contributed by atoms with Crippen molar-refractivity contribution in [1.82, 2.24) is 4.98 Å². The predicted octanol–water partition coefficient (Wildman–Crippen LogP) is 2.92. The van der Waals surface area contributed by atoms with Crippen molar-refractivity contribution in [2.75, 3.05) is 16.9 Å². The van der Waals surface area contributed by atoms with E-state index in [2.05, 4.69) is 10.4 Å². The number of nitrogens with one attached hydrogen (secondary N) is 1. The normalized spacial score (nSPS) is 10.5. The number of nitrogen functional groups attached to an aromatic ring is 3. The lowest BCUT2D eigenvalue weighted by Crippen LogP contribution is -2.13. The number of hydrazine groups is 1. The minimum absolute atomic E-state index is 0.247. The van der Waals surface area contributed by atoms with Crippen molar-refractivity contribution >= 4 is 17.3 Å². The van der Waals surface area contributed by atoms with E-state index in [4.69, 9.17) is 22.0 Å². The first-order chi connectivity index (χ1) is 12.1. The first kappa shape index (κ1) is 16.5. The fraction of sp³-hybridized carbons (Fsp3) is 0.0556. The highest BCUT2D eigenvalue weighted by Crippen LogP contribution is 2.30. The first-order valence-corrected chi connectivity index (χ1v) is 7.57. The molecular formula is C18H18FN5O. The summed E-state index contributed by atoms with van der Waals surface area (Å²) in [7, 11) is 0. The molecule has 7 N–H and O–H groups in total. The molecule has 0 aliphatic rings. The molecule has 3 aromatic rings. The summed E-state index contributed by atoms with van der Waals surface area (Å²) >= 11 is 0. The second-order valence-electron chi connectivity index (χ2n) is 5.45. The summed E-state index contributed by atoms with van der Waals surface area (Å²) in [6.45, 7) is 0.284. The molecule has 0 atom stereocenters. The number of halogens is 1. The van der Waals surface area contributed by atoms with Crippen molar-refractivity contribution in [3.63, 3.8) is 0 Å². The Morgan fingerprint density at radius 3 is 2.48 bits per heavy atom. The van der Waals surface area contributed by atoms with Gasteiger partial charge in [0.1, 0.15) is 29.7 Å². The highest BCUT2D eigenvalue weighted by Gasteiger charge is 2.10. The lowest BCUT2D eigenvalue weighted by molar-refractivity contribution is 0.308. The molecule has 0 fully saturated rings. The molecule has 3 rings (SSSR count). The zero-order valence-electron chi connectivity index (χ0n) is 13.4. The van der Waals surface area contributed by atoms with Gasteiger partial charge in [0.15, 0.2) is 5.82 Å². The van der Waals surface area contributed by atoms with Crippen LogP contribution in [0.5, 0.6) is 5.75 Å². The molecule has 1 aromatic heterocycles. The van der Waals surface area contributed by atoms with Crippen LogP contribution in [0.25, 0.3) is 11.1 Å². The van der Waals surface area contributed by atoms with Gasteiger partial charge in [-0.15, -0.1) is 0 Å². The van der Waals surface area contributed by atoms with E-state index >= 15 is 0 Å². The fourth-order valence-corrected chi connectivity index (χ4v) is 2.42. The molecule has 6 nitrogen and oxygen atoms in total. The third-order valence-corrected chi connectivity index (χ3v) is 3.68. The molecule has 128 valence electrons. The van der Waals surface area contributed by atoms with Gasteiger partial charge in [0.05, 0.1) is 0 Å². The van der Waals surface area contributed by atoms with Crippen molar-refractivity contribution in [1.29, 1.82) is 0 Å². The Kier molecular flexibility index (Phi) is 4.67. The average Bonchev–Trinajstić information content (AvgIpc) is 2.63. The van der Waals surface area contributed by atoms with Crippen LogP contribution in [0.15, 0.2) is 54.6 Å². The van der Waals surface area contributed by atoms with Crippen LogP contribution < -0.4 is 27.5 Å². The van der Waals surface area contributed by atoms with Crippen molar-refractivity contribution in [3.8, 4) is 16.9 Å². The summed E-state index contributed by atoms with van der Waals surface area (Å²) in [5.74, 6) is 6.00. The largest absolute Gasteiger partial charge is 0.486 e. The summed E-state index contributed by atoms with van der Waals surface area (Å²) in [6.07, 6.45) is 0. The SMILES string of the molecule is NNc1nc(N)cc(OCc2cccc(-c3ccc(F)cc3)c2)c1N. The molecule has 2 aromatic carbocycles. The van der Waals surface area contributed by atoms with Gasteiger partial charge in [0.25, 0.3) is 0 Å². The van der Waals surface area contributed by atoms with Gasteiger partial charge in [-0.3, -0.25) is 0 Å². The van der Waals surface area contributed by atoms with Gasteiger partial charge in [0, 0.05) is 6.07 Å². The maximum Gasteiger partial charge on any atom is 0.169 e. The minimum Gasteiger partial charge on any atom is -0.486 e. The van der Waals surface area contributed by atoms with Crippen molar-refractivity contribution in [2.24, 2.45) is 5.84 Å². The van der Waals surface area contributed by atoms with Gasteiger partial charge in [-0.25, -0.2) is 15.2 Å². The number of nitrogens with two attached hydrogens (primary N) is 3. The topological polar surface area (TPSA) is 112 Å². The molecule has 25 heavy (non-hydrogen) atoms. The Morgan fingerprint density at radius 2 is 1.76 bits per heavy atom. The molecule has 0 aliphatic carbocycles. The molecule has 0 unspecified atom stereocenters. The quantitative estimate of drug-likeness (QED) is 0.420. The first-order valence-electron chi connectivity index (χ1n) is 7.57. The standard InChI is InChI=1S/C18H18FN5O/c19-14-6-4-12(5-7-14)13-3-1-2-11(8-13)10-25-15-9-16(20)23-18(24-22)17(15)21/h1-9H,10,21-22H2,(H3,20,23,24). The highest BCUT2D eigenvalue weighted by molar-refractivity contribution is 5.71. The Balaban J connectivity index is 1.79. The van der Waals surface area contributed by atoms with Gasteiger partial charge in [0.2, 0.25) is 0 Å². The number of hydrogen-bond acceptors (Lipinski definition) is 6. The number of hydrogen-bond donors (Lipinski definition) is 4. The molecule has 1 heterocycles. The van der Waals surface area contributed by atoms with Crippen LogP contribution in [-0.4, -0.2) is 4.98 Å². The molecule has 0 saturated heterocycles. The van der Waals surface area contributed by atoms with Gasteiger partial charge in [-0.05, 0) is 34.9 Å². The third-order valence-electron chi connectivity index (χ3n) is 3.68. The number of ether oxygens (including phenoxy) is 1. The van der Waals surface area contributed by atoms with Gasteiger partial charge in [-0.1, -0.05) is 30.3 Å². The van der Waals surface area contributed by atoms with E-state index in [1.165, 1.54) is 12.1 Å². The number of aromatic nitrogens is 1.